The minimum absolute atomic E-state index is 0.962. The average molecular weight is 439 g/mol. The van der Waals surface area contributed by atoms with Gasteiger partial charge in [0.15, 0.2) is 8.07 Å². The van der Waals surface area contributed by atoms with Crippen LogP contribution in [-0.4, -0.2) is 8.07 Å². The Kier molecular flexibility index (Phi) is 3.85. The minimum Gasteiger partial charge on any atom is -0.456 e. The standard InChI is InChI=1S/C31H22OSi/c1-21-20-26-24-16-9-11-19-28(24)33(22-12-4-2-5-13-22,23-14-6-3-7-15-23)31(26)29-25-17-8-10-18-27(25)32-30(21)29/h2-20H,1H3. The number of hydrogen-bond acceptors (Lipinski definition) is 1. The Morgan fingerprint density at radius 1 is 0.606 bits per heavy atom. The van der Waals surface area contributed by atoms with Gasteiger partial charge in [-0.1, -0.05) is 103 Å². The van der Waals surface area contributed by atoms with Crippen LogP contribution in [0.25, 0.3) is 33.1 Å². The van der Waals surface area contributed by atoms with Crippen LogP contribution < -0.4 is 20.7 Å². The van der Waals surface area contributed by atoms with Crippen molar-refractivity contribution in [3.05, 3.63) is 121 Å². The molecule has 0 radical (unpaired) electrons. The number of rotatable bonds is 2. The van der Waals surface area contributed by atoms with Gasteiger partial charge in [0.1, 0.15) is 11.2 Å². The van der Waals surface area contributed by atoms with Crippen LogP contribution in [0.2, 0.25) is 0 Å². The molecule has 2 heteroatoms. The molecular weight excluding hydrogens is 416 g/mol. The van der Waals surface area contributed by atoms with Gasteiger partial charge in [-0.05, 0) is 56.5 Å². The van der Waals surface area contributed by atoms with Crippen LogP contribution in [0.1, 0.15) is 5.56 Å². The van der Waals surface area contributed by atoms with Crippen molar-refractivity contribution in [3.63, 3.8) is 0 Å². The highest BCUT2D eigenvalue weighted by Gasteiger charge is 2.50. The predicted octanol–water partition coefficient (Wildman–Crippen LogP) is 5.25. The molecule has 0 N–H and O–H groups in total. The molecule has 33 heavy (non-hydrogen) atoms. The third kappa shape index (κ3) is 2.36. The van der Waals surface area contributed by atoms with Crippen molar-refractivity contribution in [1.29, 1.82) is 0 Å². The van der Waals surface area contributed by atoms with Crippen LogP contribution in [0.5, 0.6) is 0 Å². The van der Waals surface area contributed by atoms with Gasteiger partial charge in [0, 0.05) is 10.8 Å². The van der Waals surface area contributed by atoms with Gasteiger partial charge in [0.2, 0.25) is 0 Å². The van der Waals surface area contributed by atoms with E-state index >= 15 is 0 Å². The van der Waals surface area contributed by atoms with Crippen LogP contribution >= 0.6 is 0 Å². The summed E-state index contributed by atoms with van der Waals surface area (Å²) < 4.78 is 6.49. The van der Waals surface area contributed by atoms with E-state index in [-0.39, 0.29) is 0 Å². The zero-order valence-electron chi connectivity index (χ0n) is 18.4. The molecule has 0 atom stereocenters. The summed E-state index contributed by atoms with van der Waals surface area (Å²) in [6, 6.07) is 42.2. The second-order valence-electron chi connectivity index (χ2n) is 8.95. The molecule has 1 aromatic heterocycles. The molecule has 156 valence electrons. The van der Waals surface area contributed by atoms with Crippen molar-refractivity contribution < 1.29 is 4.42 Å². The highest BCUT2D eigenvalue weighted by atomic mass is 28.3. The average Bonchev–Trinajstić information content (AvgIpc) is 3.40. The number of furan rings is 1. The summed E-state index contributed by atoms with van der Waals surface area (Å²) in [6.07, 6.45) is 0. The molecule has 0 unspecified atom stereocenters. The SMILES string of the molecule is Cc1cc2c(c3c1oc1ccccc13)[Si](c1ccccc1)(c1ccccc1)c1ccccc1-2. The zero-order valence-corrected chi connectivity index (χ0v) is 19.4. The van der Waals surface area contributed by atoms with Crippen molar-refractivity contribution in [3.8, 4) is 11.1 Å². The van der Waals surface area contributed by atoms with E-state index in [0.717, 1.165) is 11.2 Å². The molecule has 1 aliphatic rings. The van der Waals surface area contributed by atoms with E-state index in [1.165, 1.54) is 48.2 Å². The van der Waals surface area contributed by atoms with Gasteiger partial charge in [-0.3, -0.25) is 0 Å². The molecule has 7 rings (SSSR count). The zero-order chi connectivity index (χ0) is 22.0. The summed E-state index contributed by atoms with van der Waals surface area (Å²) in [7, 11) is -2.55. The van der Waals surface area contributed by atoms with Crippen LogP contribution in [0.15, 0.2) is 120 Å². The largest absolute Gasteiger partial charge is 0.456 e. The summed E-state index contributed by atoms with van der Waals surface area (Å²) in [5.41, 5.74) is 5.90. The maximum Gasteiger partial charge on any atom is 0.181 e. The Bertz CT molecular complexity index is 1620. The first kappa shape index (κ1) is 18.7. The Balaban J connectivity index is 1.79. The fourth-order valence-corrected chi connectivity index (χ4v) is 11.4. The molecule has 0 saturated heterocycles. The lowest BCUT2D eigenvalue weighted by Crippen LogP contribution is -2.73. The van der Waals surface area contributed by atoms with E-state index in [9.17, 15) is 0 Å². The summed E-state index contributed by atoms with van der Waals surface area (Å²) in [5, 5.41) is 8.26. The molecule has 0 fully saturated rings. The second kappa shape index (κ2) is 6.81. The summed E-state index contributed by atoms with van der Waals surface area (Å²) in [4.78, 5) is 0. The maximum atomic E-state index is 6.49. The lowest BCUT2D eigenvalue weighted by atomic mass is 10.00. The molecule has 2 heterocycles. The molecule has 1 aliphatic heterocycles. The van der Waals surface area contributed by atoms with Gasteiger partial charge >= 0.3 is 0 Å². The van der Waals surface area contributed by atoms with E-state index < -0.39 is 8.07 Å². The van der Waals surface area contributed by atoms with Crippen molar-refractivity contribution in [2.75, 3.05) is 0 Å². The third-order valence-corrected chi connectivity index (χ3v) is 12.2. The van der Waals surface area contributed by atoms with Crippen LogP contribution in [0.3, 0.4) is 0 Å². The Morgan fingerprint density at radius 2 is 1.21 bits per heavy atom. The lowest BCUT2D eigenvalue weighted by molar-refractivity contribution is 0.666. The minimum atomic E-state index is -2.55. The van der Waals surface area contributed by atoms with Gasteiger partial charge in [-0.25, -0.2) is 0 Å². The predicted molar refractivity (Wildman–Crippen MR) is 141 cm³/mol. The van der Waals surface area contributed by atoms with Gasteiger partial charge in [-0.15, -0.1) is 0 Å². The van der Waals surface area contributed by atoms with E-state index in [1.807, 2.05) is 0 Å². The Labute approximate surface area is 194 Å². The second-order valence-corrected chi connectivity index (χ2v) is 12.6. The van der Waals surface area contributed by atoms with E-state index in [0.29, 0.717) is 0 Å². The highest BCUT2D eigenvalue weighted by Crippen LogP contribution is 2.38. The third-order valence-electron chi connectivity index (χ3n) is 7.24. The van der Waals surface area contributed by atoms with Crippen LogP contribution in [0.4, 0.5) is 0 Å². The van der Waals surface area contributed by atoms with Gasteiger partial charge < -0.3 is 4.42 Å². The van der Waals surface area contributed by atoms with E-state index in [4.69, 9.17) is 4.42 Å². The monoisotopic (exact) mass is 438 g/mol. The molecule has 0 aliphatic carbocycles. The summed E-state index contributed by atoms with van der Waals surface area (Å²) >= 11 is 0. The quantitative estimate of drug-likeness (QED) is 0.336. The first-order valence-electron chi connectivity index (χ1n) is 11.5. The van der Waals surface area contributed by atoms with Gasteiger partial charge in [-0.2, -0.15) is 0 Å². The number of hydrogen-bond donors (Lipinski definition) is 0. The molecule has 0 bridgehead atoms. The molecule has 1 nitrogen and oxygen atoms in total. The number of benzene rings is 5. The first-order chi connectivity index (χ1) is 16.3. The molecule has 5 aromatic carbocycles. The molecule has 6 aromatic rings. The number of aryl methyl sites for hydroxylation is 1. The maximum absolute atomic E-state index is 6.49. The number of para-hydroxylation sites is 1. The summed E-state index contributed by atoms with van der Waals surface area (Å²) in [6.45, 7) is 2.18. The van der Waals surface area contributed by atoms with Crippen molar-refractivity contribution in [2.45, 2.75) is 6.92 Å². The van der Waals surface area contributed by atoms with E-state index in [1.54, 1.807) is 0 Å². The number of fused-ring (bicyclic) bond motifs is 7. The molecule has 0 amide bonds. The Morgan fingerprint density at radius 3 is 1.94 bits per heavy atom. The van der Waals surface area contributed by atoms with Crippen LogP contribution in [0, 0.1) is 6.92 Å². The van der Waals surface area contributed by atoms with Gasteiger partial charge in [0.05, 0.1) is 0 Å². The first-order valence-corrected chi connectivity index (χ1v) is 13.5. The topological polar surface area (TPSA) is 13.1 Å². The van der Waals surface area contributed by atoms with Crippen LogP contribution in [-0.2, 0) is 0 Å². The Hall–Kier alpha value is -3.88. The molecular formula is C31H22OSi. The summed E-state index contributed by atoms with van der Waals surface area (Å²) in [5.74, 6) is 0. The van der Waals surface area contributed by atoms with Crippen molar-refractivity contribution in [2.24, 2.45) is 0 Å². The van der Waals surface area contributed by atoms with E-state index in [2.05, 4.69) is 122 Å². The highest BCUT2D eigenvalue weighted by molar-refractivity contribution is 7.23. The fraction of sp³-hybridized carbons (Fsp3) is 0.0323. The molecule has 0 saturated carbocycles. The molecule has 0 spiro atoms. The van der Waals surface area contributed by atoms with Crippen molar-refractivity contribution >= 4 is 50.8 Å². The van der Waals surface area contributed by atoms with Gasteiger partial charge in [0.25, 0.3) is 0 Å². The normalized spacial score (nSPS) is 13.8. The smallest absolute Gasteiger partial charge is 0.181 e. The lowest BCUT2D eigenvalue weighted by Gasteiger charge is -2.31. The fourth-order valence-electron chi connectivity index (χ4n) is 5.98. The van der Waals surface area contributed by atoms with Crippen molar-refractivity contribution in [1.82, 2.24) is 0 Å².